The molecule has 0 amide bonds. The van der Waals surface area contributed by atoms with Gasteiger partial charge in [0.2, 0.25) is 0 Å². The summed E-state index contributed by atoms with van der Waals surface area (Å²) in [7, 11) is 0. The van der Waals surface area contributed by atoms with Crippen LogP contribution in [0.15, 0.2) is 11.2 Å². The van der Waals surface area contributed by atoms with Crippen LogP contribution in [0, 0.1) is 5.92 Å². The van der Waals surface area contributed by atoms with E-state index in [1.807, 2.05) is 6.20 Å². The third-order valence-electron chi connectivity index (χ3n) is 4.12. The highest BCUT2D eigenvalue weighted by Crippen LogP contribution is 2.15. The van der Waals surface area contributed by atoms with E-state index in [1.54, 1.807) is 11.3 Å². The Balaban J connectivity index is 0.00000338. The van der Waals surface area contributed by atoms with Crippen molar-refractivity contribution in [2.45, 2.75) is 46.1 Å². The Bertz CT molecular complexity index is 507. The minimum Gasteiger partial charge on any atom is -0.381 e. The minimum atomic E-state index is 0. The van der Waals surface area contributed by atoms with Gasteiger partial charge >= 0.3 is 0 Å². The molecule has 0 radical (unpaired) electrons. The van der Waals surface area contributed by atoms with E-state index >= 15 is 0 Å². The van der Waals surface area contributed by atoms with Gasteiger partial charge in [-0.1, -0.05) is 6.92 Å². The van der Waals surface area contributed by atoms with Crippen LogP contribution in [0.3, 0.4) is 0 Å². The molecule has 0 unspecified atom stereocenters. The molecule has 2 N–H and O–H groups in total. The van der Waals surface area contributed by atoms with Crippen LogP contribution >= 0.6 is 35.3 Å². The second kappa shape index (κ2) is 14.6. The molecule has 0 aliphatic carbocycles. The second-order valence-electron chi connectivity index (χ2n) is 6.18. The second-order valence-corrected chi connectivity index (χ2v) is 7.38. The zero-order chi connectivity index (χ0) is 17.7. The quantitative estimate of drug-likeness (QED) is 0.225. The van der Waals surface area contributed by atoms with Crippen molar-refractivity contribution in [2.75, 3.05) is 39.5 Å². The predicted octanol–water partition coefficient (Wildman–Crippen LogP) is 3.21. The lowest BCUT2D eigenvalue weighted by Crippen LogP contribution is -2.38. The van der Waals surface area contributed by atoms with Crippen molar-refractivity contribution in [1.82, 2.24) is 15.6 Å². The summed E-state index contributed by atoms with van der Waals surface area (Å²) < 4.78 is 11.2. The average Bonchev–Trinajstić information content (AvgIpc) is 3.11. The summed E-state index contributed by atoms with van der Waals surface area (Å²) in [5.41, 5.74) is 0. The molecule has 1 aliphatic rings. The largest absolute Gasteiger partial charge is 0.381 e. The smallest absolute Gasteiger partial charge is 0.191 e. The van der Waals surface area contributed by atoms with Gasteiger partial charge in [0.1, 0.15) is 5.01 Å². The van der Waals surface area contributed by atoms with Crippen molar-refractivity contribution in [3.63, 3.8) is 0 Å². The fourth-order valence-electron chi connectivity index (χ4n) is 2.62. The van der Waals surface area contributed by atoms with E-state index in [9.17, 15) is 0 Å². The number of hydrogen-bond donors (Lipinski definition) is 2. The lowest BCUT2D eigenvalue weighted by atomic mass is 10.0. The number of hydrogen-bond acceptors (Lipinski definition) is 5. The first-order chi connectivity index (χ1) is 12.3. The van der Waals surface area contributed by atoms with E-state index in [0.717, 1.165) is 76.2 Å². The molecule has 0 bridgehead atoms. The molecule has 6 nitrogen and oxygen atoms in total. The predicted molar refractivity (Wildman–Crippen MR) is 119 cm³/mol. The molecule has 1 aromatic rings. The number of aryl methyl sites for hydroxylation is 1. The minimum absolute atomic E-state index is 0. The van der Waals surface area contributed by atoms with Crippen LogP contribution in [0.1, 0.15) is 43.0 Å². The highest BCUT2D eigenvalue weighted by atomic mass is 127. The molecule has 0 atom stereocenters. The van der Waals surface area contributed by atoms with Crippen molar-refractivity contribution in [1.29, 1.82) is 0 Å². The Morgan fingerprint density at radius 1 is 1.35 bits per heavy atom. The van der Waals surface area contributed by atoms with Crippen LogP contribution in [-0.2, 0) is 22.4 Å². The van der Waals surface area contributed by atoms with Crippen LogP contribution in [0.25, 0.3) is 0 Å². The third kappa shape index (κ3) is 9.48. The van der Waals surface area contributed by atoms with Crippen LogP contribution in [-0.4, -0.2) is 50.5 Å². The topological polar surface area (TPSA) is 67.8 Å². The molecular weight excluding hydrogens is 463 g/mol. The molecule has 2 heterocycles. The van der Waals surface area contributed by atoms with E-state index in [2.05, 4.69) is 34.5 Å². The van der Waals surface area contributed by atoms with Gasteiger partial charge in [0, 0.05) is 50.6 Å². The Morgan fingerprint density at radius 2 is 2.15 bits per heavy atom. The highest BCUT2D eigenvalue weighted by molar-refractivity contribution is 14.0. The van der Waals surface area contributed by atoms with Gasteiger partial charge in [-0.15, -0.1) is 35.3 Å². The zero-order valence-corrected chi connectivity index (χ0v) is 19.1. The molecule has 150 valence electrons. The first-order valence-electron chi connectivity index (χ1n) is 9.43. The number of nitrogens with one attached hydrogen (secondary N) is 2. The molecule has 0 spiro atoms. The van der Waals surface area contributed by atoms with Crippen LogP contribution in [0.5, 0.6) is 0 Å². The number of aliphatic imine (C=N–C) groups is 1. The third-order valence-corrected chi connectivity index (χ3v) is 5.25. The standard InChI is InChI=1S/C18H32N4O2S.HI/c1-3-16-12-21-17(25-16)13-22-18(19-4-2)20-8-5-9-24-14-15-6-10-23-11-7-15;/h12,15H,3-11,13-14H2,1-2H3,(H2,19,20,22);1H. The van der Waals surface area contributed by atoms with Crippen molar-refractivity contribution in [3.05, 3.63) is 16.1 Å². The SMILES string of the molecule is CCNC(=NCc1ncc(CC)s1)NCCCOCC1CCOCC1.I. The van der Waals surface area contributed by atoms with Crippen molar-refractivity contribution in [3.8, 4) is 0 Å². The van der Waals surface area contributed by atoms with Crippen molar-refractivity contribution in [2.24, 2.45) is 10.9 Å². The summed E-state index contributed by atoms with van der Waals surface area (Å²) >= 11 is 1.74. The fourth-order valence-corrected chi connectivity index (χ4v) is 3.40. The lowest BCUT2D eigenvalue weighted by Gasteiger charge is -2.21. The van der Waals surface area contributed by atoms with E-state index < -0.39 is 0 Å². The zero-order valence-electron chi connectivity index (χ0n) is 16.0. The number of thiazole rings is 1. The van der Waals surface area contributed by atoms with Gasteiger partial charge in [-0.2, -0.15) is 0 Å². The molecule has 1 aromatic heterocycles. The van der Waals surface area contributed by atoms with Gasteiger partial charge in [0.25, 0.3) is 0 Å². The van der Waals surface area contributed by atoms with E-state index in [-0.39, 0.29) is 24.0 Å². The highest BCUT2D eigenvalue weighted by Gasteiger charge is 2.13. The molecule has 0 saturated carbocycles. The lowest BCUT2D eigenvalue weighted by molar-refractivity contribution is 0.0203. The maximum atomic E-state index is 5.80. The Morgan fingerprint density at radius 3 is 2.85 bits per heavy atom. The number of rotatable bonds is 10. The molecule has 1 fully saturated rings. The number of halogens is 1. The van der Waals surface area contributed by atoms with Crippen LogP contribution in [0.2, 0.25) is 0 Å². The fraction of sp³-hybridized carbons (Fsp3) is 0.778. The Kier molecular flexibility index (Phi) is 13.2. The normalized spacial score (nSPS) is 15.5. The Hall–Kier alpha value is -0.450. The molecule has 2 rings (SSSR count). The maximum absolute atomic E-state index is 5.80. The summed E-state index contributed by atoms with van der Waals surface area (Å²) in [4.78, 5) is 10.3. The van der Waals surface area contributed by atoms with Gasteiger partial charge in [-0.3, -0.25) is 0 Å². The molecular formula is C18H33IN4O2S. The number of nitrogens with zero attached hydrogens (tertiary/aromatic N) is 2. The van der Waals surface area contributed by atoms with Gasteiger partial charge in [-0.25, -0.2) is 9.98 Å². The summed E-state index contributed by atoms with van der Waals surface area (Å²) in [6.45, 7) is 9.98. The molecule has 1 aliphatic heterocycles. The number of aromatic nitrogens is 1. The molecule has 0 aromatic carbocycles. The van der Waals surface area contributed by atoms with Crippen LogP contribution in [0.4, 0.5) is 0 Å². The van der Waals surface area contributed by atoms with Gasteiger partial charge in [0.15, 0.2) is 5.96 Å². The summed E-state index contributed by atoms with van der Waals surface area (Å²) in [5.74, 6) is 1.52. The monoisotopic (exact) mass is 496 g/mol. The number of ether oxygens (including phenoxy) is 2. The molecule has 1 saturated heterocycles. The first-order valence-corrected chi connectivity index (χ1v) is 10.2. The van der Waals surface area contributed by atoms with Gasteiger partial charge in [0.05, 0.1) is 6.54 Å². The number of guanidine groups is 1. The van der Waals surface area contributed by atoms with E-state index in [0.29, 0.717) is 12.5 Å². The summed E-state index contributed by atoms with van der Waals surface area (Å²) in [5, 5.41) is 7.71. The Labute approximate surface area is 178 Å². The van der Waals surface area contributed by atoms with Crippen LogP contribution < -0.4 is 10.6 Å². The van der Waals surface area contributed by atoms with Crippen molar-refractivity contribution >= 4 is 41.3 Å². The van der Waals surface area contributed by atoms with Gasteiger partial charge < -0.3 is 20.1 Å². The van der Waals surface area contributed by atoms with Gasteiger partial charge in [-0.05, 0) is 38.5 Å². The molecule has 26 heavy (non-hydrogen) atoms. The average molecular weight is 496 g/mol. The summed E-state index contributed by atoms with van der Waals surface area (Å²) in [6, 6.07) is 0. The van der Waals surface area contributed by atoms with Crippen molar-refractivity contribution < 1.29 is 9.47 Å². The molecule has 8 heteroatoms. The van der Waals surface area contributed by atoms with E-state index in [1.165, 1.54) is 4.88 Å². The van der Waals surface area contributed by atoms with E-state index in [4.69, 9.17) is 9.47 Å². The summed E-state index contributed by atoms with van der Waals surface area (Å²) in [6.07, 6.45) is 6.22. The first kappa shape index (κ1) is 23.6. The maximum Gasteiger partial charge on any atom is 0.191 e.